The van der Waals surface area contributed by atoms with E-state index in [1.165, 1.54) is 0 Å². The maximum atomic E-state index is 10.4. The minimum Gasteiger partial charge on any atom is -0.306 e. The summed E-state index contributed by atoms with van der Waals surface area (Å²) >= 11 is -1.64. The summed E-state index contributed by atoms with van der Waals surface area (Å²) in [5, 5.41) is -0.0984. The lowest BCUT2D eigenvalue weighted by Crippen LogP contribution is -2.13. The van der Waals surface area contributed by atoms with Crippen molar-refractivity contribution < 1.29 is 8.76 Å². The van der Waals surface area contributed by atoms with Crippen LogP contribution in [0.3, 0.4) is 0 Å². The summed E-state index contributed by atoms with van der Waals surface area (Å²) < 4.78 is 19.0. The standard InChI is InChI=1S/C6H10O2S/c7-9(8)6-4-2-1-3-5-6/h2,4,6H,1,3,5H2,(H,7,8). The van der Waals surface area contributed by atoms with Crippen LogP contribution in [0.4, 0.5) is 0 Å². The van der Waals surface area contributed by atoms with Gasteiger partial charge in [0.25, 0.3) is 0 Å². The smallest absolute Gasteiger partial charge is 0.159 e. The molecule has 2 nitrogen and oxygen atoms in total. The maximum absolute atomic E-state index is 10.4. The summed E-state index contributed by atoms with van der Waals surface area (Å²) in [6.45, 7) is 0. The van der Waals surface area contributed by atoms with Gasteiger partial charge < -0.3 is 4.55 Å². The largest absolute Gasteiger partial charge is 0.306 e. The first-order valence-electron chi connectivity index (χ1n) is 3.07. The molecule has 1 N–H and O–H groups in total. The fraction of sp³-hybridized carbons (Fsp3) is 0.667. The molecule has 1 aliphatic carbocycles. The minimum absolute atomic E-state index is 0.0984. The van der Waals surface area contributed by atoms with E-state index in [0.717, 1.165) is 19.3 Å². The molecule has 1 rings (SSSR count). The molecule has 0 saturated carbocycles. The number of hydrogen-bond acceptors (Lipinski definition) is 1. The monoisotopic (exact) mass is 146 g/mol. The van der Waals surface area contributed by atoms with Crippen molar-refractivity contribution in [2.24, 2.45) is 0 Å². The van der Waals surface area contributed by atoms with Gasteiger partial charge in [-0.1, -0.05) is 12.2 Å². The van der Waals surface area contributed by atoms with Gasteiger partial charge in [0, 0.05) is 0 Å². The first-order valence-corrected chi connectivity index (χ1v) is 4.24. The molecule has 2 atom stereocenters. The van der Waals surface area contributed by atoms with Gasteiger partial charge in [0.15, 0.2) is 11.1 Å². The molecule has 0 heterocycles. The average molecular weight is 146 g/mol. The van der Waals surface area contributed by atoms with Crippen molar-refractivity contribution in [2.75, 3.05) is 0 Å². The molecule has 0 aromatic carbocycles. The Kier molecular flexibility index (Phi) is 2.42. The number of rotatable bonds is 1. The first kappa shape index (κ1) is 6.96. The third kappa shape index (κ3) is 1.91. The molecule has 9 heavy (non-hydrogen) atoms. The Morgan fingerprint density at radius 3 is 2.78 bits per heavy atom. The number of hydrogen-bond donors (Lipinski definition) is 1. The highest BCUT2D eigenvalue weighted by Crippen LogP contribution is 2.13. The molecule has 0 aromatic heterocycles. The Morgan fingerprint density at radius 1 is 1.67 bits per heavy atom. The van der Waals surface area contributed by atoms with Crippen LogP contribution >= 0.6 is 0 Å². The van der Waals surface area contributed by atoms with Crippen LogP contribution in [0.1, 0.15) is 19.3 Å². The van der Waals surface area contributed by atoms with Crippen molar-refractivity contribution in [1.82, 2.24) is 0 Å². The zero-order chi connectivity index (χ0) is 6.69. The zero-order valence-corrected chi connectivity index (χ0v) is 5.93. The molecule has 0 bridgehead atoms. The third-order valence-corrected chi connectivity index (χ3v) is 2.38. The van der Waals surface area contributed by atoms with Gasteiger partial charge in [0.1, 0.15) is 0 Å². The highest BCUT2D eigenvalue weighted by Gasteiger charge is 2.12. The fourth-order valence-electron chi connectivity index (χ4n) is 0.949. The molecule has 0 amide bonds. The summed E-state index contributed by atoms with van der Waals surface area (Å²) in [4.78, 5) is 0. The quantitative estimate of drug-likeness (QED) is 0.447. The van der Waals surface area contributed by atoms with Crippen LogP contribution < -0.4 is 0 Å². The van der Waals surface area contributed by atoms with Gasteiger partial charge in [-0.3, -0.25) is 0 Å². The van der Waals surface area contributed by atoms with Crippen molar-refractivity contribution in [3.05, 3.63) is 12.2 Å². The Bertz CT molecular complexity index is 142. The van der Waals surface area contributed by atoms with E-state index in [1.807, 2.05) is 12.2 Å². The van der Waals surface area contributed by atoms with Gasteiger partial charge in [-0.05, 0) is 19.3 Å². The topological polar surface area (TPSA) is 37.3 Å². The lowest BCUT2D eigenvalue weighted by Gasteiger charge is -2.10. The molecule has 52 valence electrons. The van der Waals surface area contributed by atoms with Gasteiger partial charge in [-0.25, -0.2) is 4.21 Å². The molecule has 0 aliphatic heterocycles. The van der Waals surface area contributed by atoms with E-state index < -0.39 is 11.1 Å². The van der Waals surface area contributed by atoms with E-state index in [4.69, 9.17) is 4.55 Å². The Labute approximate surface area is 57.2 Å². The fourth-order valence-corrected chi connectivity index (χ4v) is 1.56. The Balaban J connectivity index is 2.50. The van der Waals surface area contributed by atoms with Crippen LogP contribution in [0.15, 0.2) is 12.2 Å². The van der Waals surface area contributed by atoms with E-state index in [0.29, 0.717) is 0 Å². The van der Waals surface area contributed by atoms with Gasteiger partial charge in [-0.2, -0.15) is 0 Å². The predicted octanol–water partition coefficient (Wildman–Crippen LogP) is 1.32. The van der Waals surface area contributed by atoms with Gasteiger partial charge in [0.2, 0.25) is 0 Å². The molecule has 2 unspecified atom stereocenters. The lowest BCUT2D eigenvalue weighted by atomic mass is 10.1. The summed E-state index contributed by atoms with van der Waals surface area (Å²) in [6.07, 6.45) is 6.78. The van der Waals surface area contributed by atoms with Crippen LogP contribution in [-0.2, 0) is 11.1 Å². The number of allylic oxidation sites excluding steroid dienone is 1. The zero-order valence-electron chi connectivity index (χ0n) is 5.12. The lowest BCUT2D eigenvalue weighted by molar-refractivity contribution is 0.546. The van der Waals surface area contributed by atoms with Crippen molar-refractivity contribution in [2.45, 2.75) is 24.5 Å². The second-order valence-corrected chi connectivity index (χ2v) is 3.33. The van der Waals surface area contributed by atoms with E-state index in [1.54, 1.807) is 0 Å². The van der Waals surface area contributed by atoms with Gasteiger partial charge in [-0.15, -0.1) is 0 Å². The SMILES string of the molecule is O=S(O)C1C=CCCC1. The Hall–Kier alpha value is -0.150. The van der Waals surface area contributed by atoms with Crippen LogP contribution in [0, 0.1) is 0 Å². The molecule has 0 radical (unpaired) electrons. The van der Waals surface area contributed by atoms with E-state index in [2.05, 4.69) is 0 Å². The summed E-state index contributed by atoms with van der Waals surface area (Å²) in [5.74, 6) is 0. The first-order chi connectivity index (χ1) is 4.30. The van der Waals surface area contributed by atoms with E-state index in [9.17, 15) is 4.21 Å². The second kappa shape index (κ2) is 3.13. The highest BCUT2D eigenvalue weighted by atomic mass is 32.2. The van der Waals surface area contributed by atoms with E-state index in [-0.39, 0.29) is 5.25 Å². The average Bonchev–Trinajstić information content (AvgIpc) is 1.90. The molecule has 0 fully saturated rings. The minimum atomic E-state index is -1.64. The van der Waals surface area contributed by atoms with Crippen LogP contribution in [0.5, 0.6) is 0 Å². The Morgan fingerprint density at radius 2 is 2.44 bits per heavy atom. The maximum Gasteiger partial charge on any atom is 0.159 e. The van der Waals surface area contributed by atoms with Crippen molar-refractivity contribution in [1.29, 1.82) is 0 Å². The summed E-state index contributed by atoms with van der Waals surface area (Å²) in [6, 6.07) is 0. The molecule has 1 aliphatic rings. The summed E-state index contributed by atoms with van der Waals surface area (Å²) in [5.41, 5.74) is 0. The molecular formula is C6H10O2S. The molecule has 0 aromatic rings. The normalized spacial score (nSPS) is 30.1. The third-order valence-electron chi connectivity index (χ3n) is 1.47. The van der Waals surface area contributed by atoms with Crippen LogP contribution in [-0.4, -0.2) is 14.0 Å². The molecular weight excluding hydrogens is 136 g/mol. The van der Waals surface area contributed by atoms with Crippen molar-refractivity contribution >= 4 is 11.1 Å². The van der Waals surface area contributed by atoms with E-state index >= 15 is 0 Å². The predicted molar refractivity (Wildman–Crippen MR) is 37.6 cm³/mol. The van der Waals surface area contributed by atoms with Gasteiger partial charge in [0.05, 0.1) is 5.25 Å². The summed E-state index contributed by atoms with van der Waals surface area (Å²) in [7, 11) is 0. The molecule has 0 spiro atoms. The second-order valence-electron chi connectivity index (χ2n) is 2.17. The highest BCUT2D eigenvalue weighted by molar-refractivity contribution is 7.80. The van der Waals surface area contributed by atoms with Gasteiger partial charge >= 0.3 is 0 Å². The van der Waals surface area contributed by atoms with Crippen molar-refractivity contribution in [3.8, 4) is 0 Å². The molecule has 3 heteroatoms. The van der Waals surface area contributed by atoms with Crippen molar-refractivity contribution in [3.63, 3.8) is 0 Å². The van der Waals surface area contributed by atoms with Crippen LogP contribution in [0.25, 0.3) is 0 Å². The molecule has 0 saturated heterocycles. The van der Waals surface area contributed by atoms with Crippen LogP contribution in [0.2, 0.25) is 0 Å².